The van der Waals surface area contributed by atoms with Gasteiger partial charge in [-0.15, -0.1) is 0 Å². The van der Waals surface area contributed by atoms with Crippen LogP contribution >= 0.6 is 0 Å². The van der Waals surface area contributed by atoms with E-state index in [-0.39, 0.29) is 23.8 Å². The van der Waals surface area contributed by atoms with Gasteiger partial charge in [-0.2, -0.15) is 0 Å². The minimum atomic E-state index is -0.804. The zero-order valence-electron chi connectivity index (χ0n) is 23.6. The van der Waals surface area contributed by atoms with Crippen molar-refractivity contribution in [2.45, 2.75) is 118 Å². The molecule has 0 saturated heterocycles. The first-order valence-corrected chi connectivity index (χ1v) is 13.5. The molecule has 202 valence electrons. The third-order valence-corrected chi connectivity index (χ3v) is 6.49. The van der Waals surface area contributed by atoms with Crippen LogP contribution in [-0.4, -0.2) is 47.0 Å². The largest absolute Gasteiger partial charge is 0.444 e. The van der Waals surface area contributed by atoms with Crippen LogP contribution in [0, 0.1) is 19.8 Å². The second kappa shape index (κ2) is 13.1. The summed E-state index contributed by atoms with van der Waals surface area (Å²) < 4.78 is 5.45. The summed E-state index contributed by atoms with van der Waals surface area (Å²) in [6.07, 6.45) is 5.06. The molecule has 3 amide bonds. The normalized spacial score (nSPS) is 15.6. The van der Waals surface area contributed by atoms with E-state index in [9.17, 15) is 14.4 Å². The first-order chi connectivity index (χ1) is 16.8. The maximum atomic E-state index is 14.2. The first-order valence-electron chi connectivity index (χ1n) is 13.5. The lowest BCUT2D eigenvalue weighted by atomic mass is 9.86. The maximum absolute atomic E-state index is 14.2. The third kappa shape index (κ3) is 8.52. The molecule has 1 aliphatic carbocycles. The molecule has 2 atom stereocenters. The lowest BCUT2D eigenvalue weighted by molar-refractivity contribution is -0.148. The number of ether oxygens (including phenoxy) is 1. The number of hydrogen-bond donors (Lipinski definition) is 2. The number of carbonyl (C=O) groups is 3. The van der Waals surface area contributed by atoms with E-state index in [1.165, 1.54) is 0 Å². The number of unbranched alkanes of at least 4 members (excludes halogenated alkanes) is 2. The molecule has 0 spiro atoms. The smallest absolute Gasteiger partial charge is 0.408 e. The van der Waals surface area contributed by atoms with Crippen molar-refractivity contribution in [3.05, 3.63) is 34.9 Å². The summed E-state index contributed by atoms with van der Waals surface area (Å²) >= 11 is 0. The van der Waals surface area contributed by atoms with Gasteiger partial charge in [-0.1, -0.05) is 62.9 Å². The summed E-state index contributed by atoms with van der Waals surface area (Å²) in [5, 5.41) is 5.89. The topological polar surface area (TPSA) is 87.7 Å². The molecule has 0 aliphatic heterocycles. The van der Waals surface area contributed by atoms with E-state index < -0.39 is 23.8 Å². The number of nitrogens with one attached hydrogen (secondary N) is 2. The van der Waals surface area contributed by atoms with E-state index in [1.54, 1.807) is 25.7 Å². The molecular weight excluding hydrogens is 454 g/mol. The van der Waals surface area contributed by atoms with Gasteiger partial charge in [0, 0.05) is 12.6 Å². The highest BCUT2D eigenvalue weighted by molar-refractivity contribution is 5.92. The number of amides is 3. The number of benzene rings is 1. The molecule has 7 heteroatoms. The molecule has 2 N–H and O–H groups in total. The Morgan fingerprint density at radius 2 is 1.67 bits per heavy atom. The number of rotatable bonds is 11. The number of aryl methyl sites for hydroxylation is 2. The fourth-order valence-corrected chi connectivity index (χ4v) is 4.58. The Morgan fingerprint density at radius 1 is 1.06 bits per heavy atom. The number of hydrogen-bond acceptors (Lipinski definition) is 4. The Bertz CT molecular complexity index is 882. The molecule has 1 aromatic rings. The lowest BCUT2D eigenvalue weighted by Gasteiger charge is -2.44. The number of carbonyl (C=O) groups excluding carboxylic acids is 3. The molecule has 7 nitrogen and oxygen atoms in total. The summed E-state index contributed by atoms with van der Waals surface area (Å²) in [5.41, 5.74) is 2.21. The molecule has 1 saturated carbocycles. The van der Waals surface area contributed by atoms with Crippen LogP contribution in [0.3, 0.4) is 0 Å². The standard InChI is InChI=1S/C29H47N3O4/c1-9-10-11-15-30-26(33)25(22-17-20(4)16-21(5)18-22)32(23-13-12-14-23)27(34)24(19(2)3)31-28(35)36-29(6,7)8/h16-19,23-25H,9-15H2,1-8H3,(H,30,33)(H,31,35). The fourth-order valence-electron chi connectivity index (χ4n) is 4.58. The van der Waals surface area contributed by atoms with Gasteiger partial charge in [0.05, 0.1) is 0 Å². The van der Waals surface area contributed by atoms with E-state index in [2.05, 4.69) is 23.6 Å². The second-order valence-electron chi connectivity index (χ2n) is 11.5. The third-order valence-electron chi connectivity index (χ3n) is 6.49. The van der Waals surface area contributed by atoms with Gasteiger partial charge in [-0.25, -0.2) is 4.79 Å². The number of alkyl carbamates (subject to hydrolysis) is 1. The molecule has 0 radical (unpaired) electrons. The van der Waals surface area contributed by atoms with Crippen LogP contribution < -0.4 is 10.6 Å². The second-order valence-corrected chi connectivity index (χ2v) is 11.5. The van der Waals surface area contributed by atoms with Gasteiger partial charge in [0.1, 0.15) is 17.7 Å². The Hall–Kier alpha value is -2.57. The molecule has 1 aromatic carbocycles. The molecular formula is C29H47N3O4. The zero-order chi connectivity index (χ0) is 27.0. The van der Waals surface area contributed by atoms with Crippen LogP contribution in [0.5, 0.6) is 0 Å². The van der Waals surface area contributed by atoms with Gasteiger partial charge in [0.25, 0.3) is 0 Å². The van der Waals surface area contributed by atoms with Crippen molar-refractivity contribution in [3.8, 4) is 0 Å². The highest BCUT2D eigenvalue weighted by Crippen LogP contribution is 2.35. The van der Waals surface area contributed by atoms with Crippen molar-refractivity contribution in [1.82, 2.24) is 15.5 Å². The first kappa shape index (κ1) is 29.7. The SMILES string of the molecule is CCCCCNC(=O)C(c1cc(C)cc(C)c1)N(C(=O)C(NC(=O)OC(C)(C)C)C(C)C)C1CCC1. The quantitative estimate of drug-likeness (QED) is 0.387. The minimum absolute atomic E-state index is 0.0496. The fraction of sp³-hybridized carbons (Fsp3) is 0.690. The van der Waals surface area contributed by atoms with Gasteiger partial charge >= 0.3 is 6.09 Å². The summed E-state index contributed by atoms with van der Waals surface area (Å²) in [6, 6.07) is 4.44. The van der Waals surface area contributed by atoms with Crippen LogP contribution in [0.15, 0.2) is 18.2 Å². The van der Waals surface area contributed by atoms with Gasteiger partial charge in [-0.3, -0.25) is 9.59 Å². The van der Waals surface area contributed by atoms with Crippen molar-refractivity contribution < 1.29 is 19.1 Å². The van der Waals surface area contributed by atoms with E-state index in [1.807, 2.05) is 39.8 Å². The molecule has 36 heavy (non-hydrogen) atoms. The maximum Gasteiger partial charge on any atom is 0.408 e. The van der Waals surface area contributed by atoms with Crippen LogP contribution in [0.2, 0.25) is 0 Å². The minimum Gasteiger partial charge on any atom is -0.444 e. The average Bonchev–Trinajstić information content (AvgIpc) is 2.70. The molecule has 1 fully saturated rings. The number of nitrogens with zero attached hydrogens (tertiary/aromatic N) is 1. The molecule has 1 aliphatic rings. The van der Waals surface area contributed by atoms with Crippen molar-refractivity contribution in [3.63, 3.8) is 0 Å². The summed E-state index contributed by atoms with van der Waals surface area (Å²) in [5.74, 6) is -0.593. The summed E-state index contributed by atoms with van der Waals surface area (Å²) in [7, 11) is 0. The van der Waals surface area contributed by atoms with E-state index >= 15 is 0 Å². The molecule has 0 bridgehead atoms. The van der Waals surface area contributed by atoms with Crippen LogP contribution in [-0.2, 0) is 14.3 Å². The van der Waals surface area contributed by atoms with E-state index in [4.69, 9.17) is 4.74 Å². The lowest BCUT2D eigenvalue weighted by Crippen LogP contribution is -2.58. The highest BCUT2D eigenvalue weighted by atomic mass is 16.6. The zero-order valence-corrected chi connectivity index (χ0v) is 23.6. The Balaban J connectivity index is 2.46. The van der Waals surface area contributed by atoms with Gasteiger partial charge in [0.15, 0.2) is 0 Å². The van der Waals surface area contributed by atoms with E-state index in [0.717, 1.165) is 55.2 Å². The predicted molar refractivity (Wildman–Crippen MR) is 144 cm³/mol. The van der Waals surface area contributed by atoms with Crippen LogP contribution in [0.4, 0.5) is 4.79 Å². The summed E-state index contributed by atoms with van der Waals surface area (Å²) in [6.45, 7) is 15.9. The van der Waals surface area contributed by atoms with Gasteiger partial charge in [0.2, 0.25) is 11.8 Å². The highest BCUT2D eigenvalue weighted by Gasteiger charge is 2.42. The Morgan fingerprint density at radius 3 is 2.14 bits per heavy atom. The average molecular weight is 502 g/mol. The van der Waals surface area contributed by atoms with Crippen LogP contribution in [0.25, 0.3) is 0 Å². The summed E-state index contributed by atoms with van der Waals surface area (Å²) in [4.78, 5) is 42.2. The predicted octanol–water partition coefficient (Wildman–Crippen LogP) is 5.58. The monoisotopic (exact) mass is 501 g/mol. The van der Waals surface area contributed by atoms with Crippen molar-refractivity contribution in [2.24, 2.45) is 5.92 Å². The Labute approximate surface area is 217 Å². The van der Waals surface area contributed by atoms with Crippen LogP contribution in [0.1, 0.15) is 103 Å². The molecule has 2 unspecified atom stereocenters. The van der Waals surface area contributed by atoms with E-state index in [0.29, 0.717) is 6.54 Å². The van der Waals surface area contributed by atoms with Gasteiger partial charge in [-0.05, 0) is 71.8 Å². The van der Waals surface area contributed by atoms with Crippen molar-refractivity contribution >= 4 is 17.9 Å². The van der Waals surface area contributed by atoms with Crippen molar-refractivity contribution in [1.29, 1.82) is 0 Å². The van der Waals surface area contributed by atoms with Crippen molar-refractivity contribution in [2.75, 3.05) is 6.54 Å². The van der Waals surface area contributed by atoms with Gasteiger partial charge < -0.3 is 20.3 Å². The molecule has 0 aromatic heterocycles. The Kier molecular flexibility index (Phi) is 10.8. The molecule has 2 rings (SSSR count). The molecule has 0 heterocycles.